The average Bonchev–Trinajstić information content (AvgIpc) is 2.71. The van der Waals surface area contributed by atoms with Crippen molar-refractivity contribution in [2.75, 3.05) is 19.6 Å². The molecule has 1 aliphatic rings. The third-order valence-corrected chi connectivity index (χ3v) is 4.27. The van der Waals surface area contributed by atoms with Crippen LogP contribution in [0.3, 0.4) is 0 Å². The Morgan fingerprint density at radius 3 is 3.00 bits per heavy atom. The van der Waals surface area contributed by atoms with Gasteiger partial charge < -0.3 is 5.32 Å². The lowest BCUT2D eigenvalue weighted by Crippen LogP contribution is -2.51. The molecule has 2 rings (SSSR count). The predicted molar refractivity (Wildman–Crippen MR) is 54.8 cm³/mol. The maximum Gasteiger partial charge on any atom is 0.246 e. The van der Waals surface area contributed by atoms with Gasteiger partial charge in [-0.2, -0.15) is 9.40 Å². The number of nitrogens with zero attached hydrogens (tertiary/aromatic N) is 2. The van der Waals surface area contributed by atoms with E-state index >= 15 is 0 Å². The monoisotopic (exact) mass is 230 g/mol. The van der Waals surface area contributed by atoms with Gasteiger partial charge in [-0.05, 0) is 6.92 Å². The lowest BCUT2D eigenvalue weighted by Gasteiger charge is -2.30. The number of nitrogens with one attached hydrogen (secondary N) is 2. The minimum absolute atomic E-state index is 0.195. The molecular weight excluding hydrogens is 216 g/mol. The van der Waals surface area contributed by atoms with Crippen LogP contribution in [-0.4, -0.2) is 48.6 Å². The van der Waals surface area contributed by atoms with E-state index in [-0.39, 0.29) is 10.9 Å². The van der Waals surface area contributed by atoms with E-state index in [9.17, 15) is 8.42 Å². The summed E-state index contributed by atoms with van der Waals surface area (Å²) in [4.78, 5) is 0.233. The first-order valence-electron chi connectivity index (χ1n) is 4.83. The van der Waals surface area contributed by atoms with Gasteiger partial charge in [-0.25, -0.2) is 8.42 Å². The Morgan fingerprint density at radius 1 is 1.60 bits per heavy atom. The smallest absolute Gasteiger partial charge is 0.246 e. The van der Waals surface area contributed by atoms with Crippen molar-refractivity contribution >= 4 is 10.0 Å². The van der Waals surface area contributed by atoms with Crippen LogP contribution < -0.4 is 5.32 Å². The van der Waals surface area contributed by atoms with Crippen LogP contribution in [0.15, 0.2) is 17.3 Å². The number of aromatic amines is 1. The normalized spacial score (nSPS) is 24.2. The number of sulfonamides is 1. The Kier molecular flexibility index (Phi) is 2.76. The Bertz CT molecular complexity index is 414. The van der Waals surface area contributed by atoms with Gasteiger partial charge in [-0.3, -0.25) is 5.10 Å². The van der Waals surface area contributed by atoms with Gasteiger partial charge in [-0.1, -0.05) is 0 Å². The summed E-state index contributed by atoms with van der Waals surface area (Å²) in [6.07, 6.45) is 2.74. The molecule has 0 amide bonds. The highest BCUT2D eigenvalue weighted by Gasteiger charge is 2.28. The van der Waals surface area contributed by atoms with Crippen LogP contribution in [0.1, 0.15) is 6.92 Å². The molecular formula is C8H14N4O2S. The molecule has 1 atom stereocenters. The first-order chi connectivity index (χ1) is 7.10. The summed E-state index contributed by atoms with van der Waals surface area (Å²) >= 11 is 0. The molecule has 1 fully saturated rings. The highest BCUT2D eigenvalue weighted by atomic mass is 32.2. The quantitative estimate of drug-likeness (QED) is 0.710. The summed E-state index contributed by atoms with van der Waals surface area (Å²) in [7, 11) is -3.35. The minimum atomic E-state index is -3.35. The third-order valence-electron chi connectivity index (χ3n) is 2.44. The molecule has 0 spiro atoms. The molecule has 1 aliphatic heterocycles. The summed E-state index contributed by atoms with van der Waals surface area (Å²) in [5.74, 6) is 0. The van der Waals surface area contributed by atoms with E-state index in [1.807, 2.05) is 6.92 Å². The fourth-order valence-corrected chi connectivity index (χ4v) is 3.08. The van der Waals surface area contributed by atoms with Gasteiger partial charge in [-0.15, -0.1) is 0 Å². The topological polar surface area (TPSA) is 78.1 Å². The van der Waals surface area contributed by atoms with E-state index < -0.39 is 10.0 Å². The minimum Gasteiger partial charge on any atom is -0.312 e. The predicted octanol–water partition coefficient (Wildman–Crippen LogP) is -0.608. The first-order valence-corrected chi connectivity index (χ1v) is 6.27. The van der Waals surface area contributed by atoms with E-state index in [1.165, 1.54) is 16.7 Å². The zero-order valence-corrected chi connectivity index (χ0v) is 9.29. The summed E-state index contributed by atoms with van der Waals surface area (Å²) in [5, 5.41) is 9.37. The van der Waals surface area contributed by atoms with Crippen molar-refractivity contribution in [1.29, 1.82) is 0 Å². The van der Waals surface area contributed by atoms with Gasteiger partial charge in [0.15, 0.2) is 0 Å². The molecule has 0 aliphatic carbocycles. The average molecular weight is 230 g/mol. The molecule has 0 saturated carbocycles. The Hall–Kier alpha value is -0.920. The van der Waals surface area contributed by atoms with E-state index in [1.54, 1.807) is 0 Å². The summed E-state index contributed by atoms with van der Waals surface area (Å²) in [6.45, 7) is 3.68. The van der Waals surface area contributed by atoms with Crippen molar-refractivity contribution in [3.05, 3.63) is 12.4 Å². The number of rotatable bonds is 2. The van der Waals surface area contributed by atoms with Crippen molar-refractivity contribution in [3.63, 3.8) is 0 Å². The second-order valence-corrected chi connectivity index (χ2v) is 5.59. The molecule has 2 heterocycles. The van der Waals surface area contributed by atoms with Crippen LogP contribution in [0.5, 0.6) is 0 Å². The van der Waals surface area contributed by atoms with Gasteiger partial charge in [0, 0.05) is 31.9 Å². The number of hydrogen-bond acceptors (Lipinski definition) is 4. The maximum atomic E-state index is 12.0. The molecule has 0 unspecified atom stereocenters. The van der Waals surface area contributed by atoms with Crippen LogP contribution in [-0.2, 0) is 10.0 Å². The van der Waals surface area contributed by atoms with Crippen molar-refractivity contribution in [2.24, 2.45) is 0 Å². The van der Waals surface area contributed by atoms with Crippen molar-refractivity contribution in [1.82, 2.24) is 19.8 Å². The summed E-state index contributed by atoms with van der Waals surface area (Å²) in [5.41, 5.74) is 0. The van der Waals surface area contributed by atoms with Gasteiger partial charge in [0.05, 0.1) is 6.20 Å². The van der Waals surface area contributed by atoms with Crippen LogP contribution >= 0.6 is 0 Å². The van der Waals surface area contributed by atoms with E-state index in [4.69, 9.17) is 0 Å². The third kappa shape index (κ3) is 2.04. The van der Waals surface area contributed by atoms with Crippen LogP contribution in [0.25, 0.3) is 0 Å². The largest absolute Gasteiger partial charge is 0.312 e. The van der Waals surface area contributed by atoms with Gasteiger partial charge in [0.1, 0.15) is 4.90 Å². The molecule has 2 N–H and O–H groups in total. The molecule has 0 radical (unpaired) electrons. The highest BCUT2D eigenvalue weighted by molar-refractivity contribution is 7.89. The SMILES string of the molecule is C[C@@H]1CN(S(=O)(=O)c2cn[nH]c2)CCN1. The van der Waals surface area contributed by atoms with E-state index in [0.29, 0.717) is 19.6 Å². The molecule has 0 aromatic carbocycles. The number of hydrogen-bond donors (Lipinski definition) is 2. The maximum absolute atomic E-state index is 12.0. The summed E-state index contributed by atoms with van der Waals surface area (Å²) < 4.78 is 25.5. The lowest BCUT2D eigenvalue weighted by atomic mass is 10.3. The molecule has 84 valence electrons. The van der Waals surface area contributed by atoms with Gasteiger partial charge in [0.2, 0.25) is 10.0 Å². The van der Waals surface area contributed by atoms with Crippen molar-refractivity contribution in [3.8, 4) is 0 Å². The fourth-order valence-electron chi connectivity index (χ4n) is 1.64. The Balaban J connectivity index is 2.22. The second-order valence-electron chi connectivity index (χ2n) is 3.65. The zero-order chi connectivity index (χ0) is 10.9. The van der Waals surface area contributed by atoms with E-state index in [2.05, 4.69) is 15.5 Å². The molecule has 15 heavy (non-hydrogen) atoms. The number of aromatic nitrogens is 2. The zero-order valence-electron chi connectivity index (χ0n) is 8.47. The standard InChI is InChI=1S/C8H14N4O2S/c1-7-6-12(3-2-9-7)15(13,14)8-4-10-11-5-8/h4-5,7,9H,2-3,6H2,1H3,(H,10,11)/t7-/m1/s1. The van der Waals surface area contributed by atoms with E-state index in [0.717, 1.165) is 0 Å². The van der Waals surface area contributed by atoms with Gasteiger partial charge in [0.25, 0.3) is 0 Å². The molecule has 1 aromatic rings. The van der Waals surface area contributed by atoms with Crippen molar-refractivity contribution < 1.29 is 8.42 Å². The molecule has 6 nitrogen and oxygen atoms in total. The molecule has 7 heteroatoms. The van der Waals surface area contributed by atoms with Crippen LogP contribution in [0, 0.1) is 0 Å². The number of H-pyrrole nitrogens is 1. The Labute approximate surface area is 88.7 Å². The highest BCUT2D eigenvalue weighted by Crippen LogP contribution is 2.15. The van der Waals surface area contributed by atoms with Crippen molar-refractivity contribution in [2.45, 2.75) is 17.9 Å². The second kappa shape index (κ2) is 3.92. The first kappa shape index (κ1) is 10.6. The van der Waals surface area contributed by atoms with Crippen LogP contribution in [0.4, 0.5) is 0 Å². The molecule has 1 saturated heterocycles. The molecule has 1 aromatic heterocycles. The Morgan fingerprint density at radius 2 is 2.40 bits per heavy atom. The van der Waals surface area contributed by atoms with Gasteiger partial charge >= 0.3 is 0 Å². The van der Waals surface area contributed by atoms with Crippen LogP contribution in [0.2, 0.25) is 0 Å². The molecule has 0 bridgehead atoms. The fraction of sp³-hybridized carbons (Fsp3) is 0.625. The number of piperazine rings is 1. The summed E-state index contributed by atoms with van der Waals surface area (Å²) in [6, 6.07) is 0.195. The lowest BCUT2D eigenvalue weighted by molar-refractivity contribution is 0.310.